The van der Waals surface area contributed by atoms with Crippen molar-refractivity contribution < 1.29 is 14.3 Å². The summed E-state index contributed by atoms with van der Waals surface area (Å²) in [5.41, 5.74) is 2.10. The van der Waals surface area contributed by atoms with E-state index in [2.05, 4.69) is 17.2 Å². The zero-order valence-electron chi connectivity index (χ0n) is 10.0. The monoisotopic (exact) mass is 246 g/mol. The Hall–Kier alpha value is -2.30. The summed E-state index contributed by atoms with van der Waals surface area (Å²) >= 11 is 0. The van der Waals surface area contributed by atoms with E-state index in [-0.39, 0.29) is 6.54 Å². The second-order valence-electron chi connectivity index (χ2n) is 3.81. The summed E-state index contributed by atoms with van der Waals surface area (Å²) in [7, 11) is 0. The summed E-state index contributed by atoms with van der Waals surface area (Å²) < 4.78 is 5.60. The number of pyridine rings is 1. The van der Waals surface area contributed by atoms with Gasteiger partial charge >= 0.3 is 6.09 Å². The third-order valence-electron chi connectivity index (χ3n) is 2.63. The first kappa shape index (κ1) is 12.2. The van der Waals surface area contributed by atoms with Gasteiger partial charge in [-0.3, -0.25) is 4.98 Å². The van der Waals surface area contributed by atoms with E-state index in [9.17, 15) is 4.79 Å². The van der Waals surface area contributed by atoms with Crippen LogP contribution in [0.1, 0.15) is 18.2 Å². The number of carboxylic acid groups (broad SMARTS) is 1. The molecule has 94 valence electrons. The molecule has 0 aliphatic carbocycles. The standard InChI is InChI=1S/C13H14N2O3/c1-2-9-5-6-14-8-11(9)12-4-3-10(18-12)7-15-13(16)17/h3-6,8,15H,2,7H2,1H3,(H,16,17). The SMILES string of the molecule is CCc1ccncc1-c1ccc(CNC(=O)O)o1. The first-order valence-electron chi connectivity index (χ1n) is 5.69. The van der Waals surface area contributed by atoms with Gasteiger partial charge in [-0.1, -0.05) is 6.92 Å². The largest absolute Gasteiger partial charge is 0.465 e. The van der Waals surface area contributed by atoms with Crippen LogP contribution < -0.4 is 5.32 Å². The Morgan fingerprint density at radius 3 is 3.00 bits per heavy atom. The molecular formula is C13H14N2O3. The number of nitrogens with one attached hydrogen (secondary N) is 1. The van der Waals surface area contributed by atoms with Gasteiger partial charge < -0.3 is 14.8 Å². The molecule has 0 bridgehead atoms. The Kier molecular flexibility index (Phi) is 3.62. The van der Waals surface area contributed by atoms with Crippen molar-refractivity contribution in [2.75, 3.05) is 0 Å². The molecule has 0 spiro atoms. The molecule has 0 atom stereocenters. The molecule has 0 aromatic carbocycles. The highest BCUT2D eigenvalue weighted by atomic mass is 16.4. The number of hydrogen-bond acceptors (Lipinski definition) is 3. The summed E-state index contributed by atoms with van der Waals surface area (Å²) in [6, 6.07) is 5.54. The van der Waals surface area contributed by atoms with E-state index >= 15 is 0 Å². The van der Waals surface area contributed by atoms with Crippen LogP contribution in [-0.2, 0) is 13.0 Å². The number of nitrogens with zero attached hydrogens (tertiary/aromatic N) is 1. The van der Waals surface area contributed by atoms with Crippen molar-refractivity contribution in [3.05, 3.63) is 41.9 Å². The van der Waals surface area contributed by atoms with Gasteiger partial charge in [0.1, 0.15) is 11.5 Å². The lowest BCUT2D eigenvalue weighted by molar-refractivity contribution is 0.193. The molecule has 18 heavy (non-hydrogen) atoms. The van der Waals surface area contributed by atoms with Crippen LogP contribution in [-0.4, -0.2) is 16.2 Å². The molecule has 0 radical (unpaired) electrons. The van der Waals surface area contributed by atoms with Crippen molar-refractivity contribution in [2.24, 2.45) is 0 Å². The molecule has 5 nitrogen and oxygen atoms in total. The van der Waals surface area contributed by atoms with Crippen LogP contribution in [0.2, 0.25) is 0 Å². The van der Waals surface area contributed by atoms with Gasteiger partial charge in [-0.2, -0.15) is 0 Å². The van der Waals surface area contributed by atoms with E-state index in [0.29, 0.717) is 11.5 Å². The van der Waals surface area contributed by atoms with Gasteiger partial charge in [0, 0.05) is 18.0 Å². The van der Waals surface area contributed by atoms with Crippen molar-refractivity contribution in [2.45, 2.75) is 19.9 Å². The Morgan fingerprint density at radius 2 is 2.28 bits per heavy atom. The predicted octanol–water partition coefficient (Wildman–Crippen LogP) is 2.67. The minimum atomic E-state index is -1.07. The quantitative estimate of drug-likeness (QED) is 0.869. The molecule has 5 heteroatoms. The van der Waals surface area contributed by atoms with E-state index < -0.39 is 6.09 Å². The lowest BCUT2D eigenvalue weighted by atomic mass is 10.1. The van der Waals surface area contributed by atoms with Crippen molar-refractivity contribution in [1.82, 2.24) is 10.3 Å². The molecule has 0 saturated carbocycles. The smallest absolute Gasteiger partial charge is 0.405 e. The van der Waals surface area contributed by atoms with Crippen LogP contribution in [0.15, 0.2) is 35.0 Å². The van der Waals surface area contributed by atoms with Gasteiger partial charge in [0.2, 0.25) is 0 Å². The van der Waals surface area contributed by atoms with Crippen LogP contribution in [0.25, 0.3) is 11.3 Å². The Labute approximate surface area is 104 Å². The van der Waals surface area contributed by atoms with Gasteiger partial charge in [-0.25, -0.2) is 4.79 Å². The normalized spacial score (nSPS) is 10.3. The average molecular weight is 246 g/mol. The van der Waals surface area contributed by atoms with E-state index in [1.54, 1.807) is 18.5 Å². The van der Waals surface area contributed by atoms with Gasteiger partial charge in [0.05, 0.1) is 6.54 Å². The maximum Gasteiger partial charge on any atom is 0.405 e. The van der Waals surface area contributed by atoms with Crippen LogP contribution in [0.5, 0.6) is 0 Å². The number of carbonyl (C=O) groups is 1. The van der Waals surface area contributed by atoms with E-state index in [1.165, 1.54) is 0 Å². The molecule has 2 aromatic heterocycles. The summed E-state index contributed by atoms with van der Waals surface area (Å²) in [6.45, 7) is 2.23. The Morgan fingerprint density at radius 1 is 1.44 bits per heavy atom. The first-order chi connectivity index (χ1) is 8.70. The van der Waals surface area contributed by atoms with Crippen LogP contribution in [0, 0.1) is 0 Å². The molecular weight excluding hydrogens is 232 g/mol. The van der Waals surface area contributed by atoms with Gasteiger partial charge in [-0.05, 0) is 30.2 Å². The van der Waals surface area contributed by atoms with Crippen LogP contribution in [0.4, 0.5) is 4.79 Å². The molecule has 0 saturated heterocycles. The first-order valence-corrected chi connectivity index (χ1v) is 5.69. The third-order valence-corrected chi connectivity index (χ3v) is 2.63. The summed E-state index contributed by atoms with van der Waals surface area (Å²) in [4.78, 5) is 14.5. The summed E-state index contributed by atoms with van der Waals surface area (Å²) in [5, 5.41) is 10.8. The second-order valence-corrected chi connectivity index (χ2v) is 3.81. The number of furan rings is 1. The molecule has 0 aliphatic heterocycles. The lowest BCUT2D eigenvalue weighted by Crippen LogP contribution is -2.19. The summed E-state index contributed by atoms with van der Waals surface area (Å²) in [6.07, 6.45) is 3.33. The topological polar surface area (TPSA) is 75.4 Å². The maximum absolute atomic E-state index is 10.4. The molecule has 1 amide bonds. The molecule has 0 fully saturated rings. The fourth-order valence-electron chi connectivity index (χ4n) is 1.73. The maximum atomic E-state index is 10.4. The number of aromatic nitrogens is 1. The zero-order valence-corrected chi connectivity index (χ0v) is 10.0. The number of rotatable bonds is 4. The molecule has 0 aliphatic rings. The van der Waals surface area contributed by atoms with Gasteiger partial charge in [0.25, 0.3) is 0 Å². The van der Waals surface area contributed by atoms with Crippen molar-refractivity contribution in [3.63, 3.8) is 0 Å². The Bertz CT molecular complexity index is 549. The lowest BCUT2D eigenvalue weighted by Gasteiger charge is -2.03. The second kappa shape index (κ2) is 5.35. The fraction of sp³-hybridized carbons (Fsp3) is 0.231. The van der Waals surface area contributed by atoms with E-state index in [0.717, 1.165) is 17.5 Å². The van der Waals surface area contributed by atoms with Gasteiger partial charge in [-0.15, -0.1) is 0 Å². The highest BCUT2D eigenvalue weighted by Crippen LogP contribution is 2.25. The van der Waals surface area contributed by atoms with Crippen LogP contribution in [0.3, 0.4) is 0 Å². The van der Waals surface area contributed by atoms with E-state index in [1.807, 2.05) is 12.1 Å². The van der Waals surface area contributed by atoms with Crippen molar-refractivity contribution in [1.29, 1.82) is 0 Å². The number of amides is 1. The zero-order chi connectivity index (χ0) is 13.0. The average Bonchev–Trinajstić information content (AvgIpc) is 2.85. The van der Waals surface area contributed by atoms with Gasteiger partial charge in [0.15, 0.2) is 0 Å². The fourth-order valence-corrected chi connectivity index (χ4v) is 1.73. The van der Waals surface area contributed by atoms with Crippen molar-refractivity contribution >= 4 is 6.09 Å². The third kappa shape index (κ3) is 2.68. The predicted molar refractivity (Wildman–Crippen MR) is 66.2 cm³/mol. The Balaban J connectivity index is 2.21. The molecule has 2 aromatic rings. The molecule has 0 unspecified atom stereocenters. The van der Waals surface area contributed by atoms with E-state index in [4.69, 9.17) is 9.52 Å². The number of hydrogen-bond donors (Lipinski definition) is 2. The van der Waals surface area contributed by atoms with Crippen molar-refractivity contribution in [3.8, 4) is 11.3 Å². The summed E-state index contributed by atoms with van der Waals surface area (Å²) in [5.74, 6) is 1.29. The molecule has 2 rings (SSSR count). The highest BCUT2D eigenvalue weighted by Gasteiger charge is 2.09. The highest BCUT2D eigenvalue weighted by molar-refractivity contribution is 5.64. The minimum absolute atomic E-state index is 0.164. The van der Waals surface area contributed by atoms with Crippen LogP contribution >= 0.6 is 0 Å². The minimum Gasteiger partial charge on any atom is -0.465 e. The number of aryl methyl sites for hydroxylation is 1. The molecule has 2 heterocycles. The molecule has 2 N–H and O–H groups in total.